The van der Waals surface area contributed by atoms with Crippen LogP contribution < -0.4 is 5.32 Å². The molecule has 2 aliphatic rings. The molecule has 3 heteroatoms. The van der Waals surface area contributed by atoms with Crippen LogP contribution in [0.5, 0.6) is 0 Å². The molecule has 0 aliphatic carbocycles. The summed E-state index contributed by atoms with van der Waals surface area (Å²) >= 11 is 0. The van der Waals surface area contributed by atoms with Crippen molar-refractivity contribution in [1.29, 1.82) is 0 Å². The molecule has 3 nitrogen and oxygen atoms in total. The van der Waals surface area contributed by atoms with E-state index in [4.69, 9.17) is 4.74 Å². The minimum Gasteiger partial charge on any atom is -0.372 e. The number of benzene rings is 1. The molecule has 2 atom stereocenters. The van der Waals surface area contributed by atoms with Crippen molar-refractivity contribution in [2.45, 2.75) is 25.4 Å². The van der Waals surface area contributed by atoms with E-state index in [1.54, 1.807) is 0 Å². The van der Waals surface area contributed by atoms with Crippen molar-refractivity contribution < 1.29 is 4.74 Å². The Hall–Kier alpha value is -0.900. The van der Waals surface area contributed by atoms with E-state index in [9.17, 15) is 0 Å². The van der Waals surface area contributed by atoms with Gasteiger partial charge in [0, 0.05) is 13.1 Å². The van der Waals surface area contributed by atoms with Crippen LogP contribution in [0.3, 0.4) is 0 Å². The summed E-state index contributed by atoms with van der Waals surface area (Å²) < 4.78 is 5.94. The number of hydrogen-bond donors (Lipinski definition) is 1. The van der Waals surface area contributed by atoms with Crippen LogP contribution in [0.15, 0.2) is 24.3 Å². The number of nitrogens with one attached hydrogen (secondary N) is 1. The van der Waals surface area contributed by atoms with Crippen molar-refractivity contribution in [1.82, 2.24) is 10.2 Å². The van der Waals surface area contributed by atoms with Gasteiger partial charge < -0.3 is 15.0 Å². The number of likely N-dealkylation sites (tertiary alicyclic amines) is 1. The molecule has 110 valence electrons. The molecular weight excluding hydrogens is 248 g/mol. The Morgan fingerprint density at radius 3 is 3.10 bits per heavy atom. The maximum absolute atomic E-state index is 5.94. The van der Waals surface area contributed by atoms with Crippen LogP contribution in [0.4, 0.5) is 0 Å². The lowest BCUT2D eigenvalue weighted by Crippen LogP contribution is -2.38. The monoisotopic (exact) mass is 274 g/mol. The maximum Gasteiger partial charge on any atom is 0.0952 e. The van der Waals surface area contributed by atoms with Crippen LogP contribution in [0.1, 0.15) is 30.1 Å². The Bertz CT molecular complexity index is 435. The number of piperidine rings is 1. The zero-order chi connectivity index (χ0) is 13.8. The molecule has 1 aromatic rings. The van der Waals surface area contributed by atoms with Gasteiger partial charge in [-0.3, -0.25) is 0 Å². The molecule has 20 heavy (non-hydrogen) atoms. The third-order valence-electron chi connectivity index (χ3n) is 4.58. The lowest BCUT2D eigenvalue weighted by Gasteiger charge is -2.31. The zero-order valence-electron chi connectivity index (χ0n) is 12.5. The Balaban J connectivity index is 1.49. The van der Waals surface area contributed by atoms with Crippen LogP contribution in [-0.4, -0.2) is 44.7 Å². The topological polar surface area (TPSA) is 24.5 Å². The average molecular weight is 274 g/mol. The predicted octanol–water partition coefficient (Wildman–Crippen LogP) is 2.23. The fourth-order valence-electron chi connectivity index (χ4n) is 3.50. The molecule has 2 heterocycles. The molecule has 0 bridgehead atoms. The van der Waals surface area contributed by atoms with Crippen molar-refractivity contribution in [3.63, 3.8) is 0 Å². The highest BCUT2D eigenvalue weighted by molar-refractivity contribution is 5.31. The van der Waals surface area contributed by atoms with E-state index < -0.39 is 0 Å². The van der Waals surface area contributed by atoms with Gasteiger partial charge in [0.15, 0.2) is 0 Å². The molecule has 1 fully saturated rings. The van der Waals surface area contributed by atoms with Crippen LogP contribution in [0, 0.1) is 5.92 Å². The van der Waals surface area contributed by atoms with Crippen LogP contribution in [0.2, 0.25) is 0 Å². The fourth-order valence-corrected chi connectivity index (χ4v) is 3.50. The van der Waals surface area contributed by atoms with E-state index in [-0.39, 0.29) is 6.10 Å². The Morgan fingerprint density at radius 2 is 2.20 bits per heavy atom. The maximum atomic E-state index is 5.94. The summed E-state index contributed by atoms with van der Waals surface area (Å²) in [5, 5.41) is 3.63. The number of fused-ring (bicyclic) bond motifs is 1. The van der Waals surface area contributed by atoms with Gasteiger partial charge in [0.25, 0.3) is 0 Å². The average Bonchev–Trinajstić information content (AvgIpc) is 2.48. The Kier molecular flexibility index (Phi) is 4.71. The third-order valence-corrected chi connectivity index (χ3v) is 4.58. The van der Waals surface area contributed by atoms with Crippen LogP contribution >= 0.6 is 0 Å². The van der Waals surface area contributed by atoms with Gasteiger partial charge in [-0.25, -0.2) is 0 Å². The number of ether oxygens (including phenoxy) is 1. The van der Waals surface area contributed by atoms with Gasteiger partial charge in [0.2, 0.25) is 0 Å². The minimum atomic E-state index is 0.237. The van der Waals surface area contributed by atoms with E-state index in [1.807, 2.05) is 0 Å². The first-order valence-electron chi connectivity index (χ1n) is 7.91. The highest BCUT2D eigenvalue weighted by Gasteiger charge is 2.21. The highest BCUT2D eigenvalue weighted by atomic mass is 16.5. The summed E-state index contributed by atoms with van der Waals surface area (Å²) in [6, 6.07) is 8.71. The van der Waals surface area contributed by atoms with Crippen molar-refractivity contribution in [2.75, 3.05) is 39.8 Å². The molecule has 1 N–H and O–H groups in total. The summed E-state index contributed by atoms with van der Waals surface area (Å²) in [5.41, 5.74) is 2.84. The first-order valence-corrected chi connectivity index (χ1v) is 7.91. The summed E-state index contributed by atoms with van der Waals surface area (Å²) in [6.07, 6.45) is 3.99. The molecular formula is C17H26N2O. The van der Waals surface area contributed by atoms with Gasteiger partial charge in [-0.15, -0.1) is 0 Å². The van der Waals surface area contributed by atoms with Gasteiger partial charge in [-0.1, -0.05) is 24.3 Å². The van der Waals surface area contributed by atoms with Crippen molar-refractivity contribution in [2.24, 2.45) is 5.92 Å². The Morgan fingerprint density at radius 1 is 1.30 bits per heavy atom. The fraction of sp³-hybridized carbons (Fsp3) is 0.647. The summed E-state index contributed by atoms with van der Waals surface area (Å²) in [4.78, 5) is 2.45. The first-order chi connectivity index (χ1) is 9.83. The number of rotatable bonds is 4. The molecule has 1 saturated heterocycles. The van der Waals surface area contributed by atoms with Gasteiger partial charge in [-0.05, 0) is 56.4 Å². The van der Waals surface area contributed by atoms with Gasteiger partial charge in [-0.2, -0.15) is 0 Å². The summed E-state index contributed by atoms with van der Waals surface area (Å²) in [6.45, 7) is 5.41. The van der Waals surface area contributed by atoms with Crippen LogP contribution in [0.25, 0.3) is 0 Å². The first kappa shape index (κ1) is 14.1. The molecule has 1 aromatic carbocycles. The molecule has 0 spiro atoms. The number of hydrogen-bond acceptors (Lipinski definition) is 3. The van der Waals surface area contributed by atoms with Crippen molar-refractivity contribution in [3.05, 3.63) is 35.4 Å². The van der Waals surface area contributed by atoms with Gasteiger partial charge >= 0.3 is 0 Å². The molecule has 2 unspecified atom stereocenters. The van der Waals surface area contributed by atoms with E-state index in [0.717, 1.165) is 32.0 Å². The molecule has 0 saturated carbocycles. The normalized spacial score (nSPS) is 27.2. The summed E-state index contributed by atoms with van der Waals surface area (Å²) in [5.74, 6) is 0.799. The lowest BCUT2D eigenvalue weighted by atomic mass is 9.96. The molecule has 2 aliphatic heterocycles. The van der Waals surface area contributed by atoms with Crippen molar-refractivity contribution >= 4 is 0 Å². The SMILES string of the molecule is CN1CCCC(CNCC2OCCc3ccccc32)C1. The molecule has 0 aromatic heterocycles. The smallest absolute Gasteiger partial charge is 0.0952 e. The predicted molar refractivity (Wildman–Crippen MR) is 81.9 cm³/mol. The largest absolute Gasteiger partial charge is 0.372 e. The highest BCUT2D eigenvalue weighted by Crippen LogP contribution is 2.26. The quantitative estimate of drug-likeness (QED) is 0.911. The van der Waals surface area contributed by atoms with E-state index in [2.05, 4.69) is 41.5 Å². The number of nitrogens with zero attached hydrogens (tertiary/aromatic N) is 1. The lowest BCUT2D eigenvalue weighted by molar-refractivity contribution is 0.0413. The van der Waals surface area contributed by atoms with Gasteiger partial charge in [0.1, 0.15) is 0 Å². The van der Waals surface area contributed by atoms with Gasteiger partial charge in [0.05, 0.1) is 12.7 Å². The standard InChI is InChI=1S/C17H26N2O/c1-19-9-4-5-14(13-19)11-18-12-17-16-7-3-2-6-15(16)8-10-20-17/h2-3,6-7,14,17-18H,4-5,8-13H2,1H3. The van der Waals surface area contributed by atoms with E-state index in [1.165, 1.54) is 37.1 Å². The minimum absolute atomic E-state index is 0.237. The second kappa shape index (κ2) is 6.70. The molecule has 0 amide bonds. The molecule has 3 rings (SSSR count). The van der Waals surface area contributed by atoms with Crippen LogP contribution in [-0.2, 0) is 11.2 Å². The van der Waals surface area contributed by atoms with E-state index >= 15 is 0 Å². The second-order valence-electron chi connectivity index (χ2n) is 6.24. The Labute approximate surface area is 122 Å². The third kappa shape index (κ3) is 3.40. The zero-order valence-corrected chi connectivity index (χ0v) is 12.5. The van der Waals surface area contributed by atoms with Crippen molar-refractivity contribution in [3.8, 4) is 0 Å². The summed E-state index contributed by atoms with van der Waals surface area (Å²) in [7, 11) is 2.23. The molecule has 0 radical (unpaired) electrons. The second-order valence-corrected chi connectivity index (χ2v) is 6.24. The van der Waals surface area contributed by atoms with E-state index in [0.29, 0.717) is 0 Å².